The van der Waals surface area contributed by atoms with Crippen LogP contribution in [0.4, 0.5) is 22.1 Å². The highest BCUT2D eigenvalue weighted by atomic mass is 33.1. The number of anilines is 3. The van der Waals surface area contributed by atoms with Crippen molar-refractivity contribution in [1.29, 1.82) is 0 Å². The lowest BCUT2D eigenvalue weighted by molar-refractivity contribution is -0.148. The highest BCUT2D eigenvalue weighted by Crippen LogP contribution is 2.67. The zero-order chi connectivity index (χ0) is 106. The van der Waals surface area contributed by atoms with Crippen LogP contribution in [-0.4, -0.2) is 371 Å². The summed E-state index contributed by atoms with van der Waals surface area (Å²) < 4.78 is 54.9. The minimum Gasteiger partial charge on any atom is -0.496 e. The van der Waals surface area contributed by atoms with Gasteiger partial charge in [0.05, 0.1) is 142 Å². The van der Waals surface area contributed by atoms with Crippen molar-refractivity contribution >= 4 is 132 Å². The summed E-state index contributed by atoms with van der Waals surface area (Å²) >= 11 is 0. The van der Waals surface area contributed by atoms with E-state index >= 15 is 4.79 Å². The maximum absolute atomic E-state index is 15.3. The summed E-state index contributed by atoms with van der Waals surface area (Å²) in [5.74, 6) is -11.7. The molecule has 810 valence electrons. The number of carbonyl (C=O) groups is 12. The number of para-hydroxylation sites is 1. The van der Waals surface area contributed by atoms with Crippen molar-refractivity contribution in [2.75, 3.05) is 201 Å². The summed E-state index contributed by atoms with van der Waals surface area (Å²) in [7, 11) is 8.75. The maximum atomic E-state index is 15.3. The van der Waals surface area contributed by atoms with E-state index in [1.165, 1.54) is 49.9 Å². The van der Waals surface area contributed by atoms with Gasteiger partial charge < -0.3 is 131 Å². The first kappa shape index (κ1) is 115. The Morgan fingerprint density at radius 1 is 0.649 bits per heavy atom. The van der Waals surface area contributed by atoms with Gasteiger partial charge in [0.25, 0.3) is 11.5 Å². The molecule has 5 aliphatic heterocycles. The molecule has 8 heterocycles. The van der Waals surface area contributed by atoms with E-state index in [1.54, 1.807) is 21.3 Å². The minimum atomic E-state index is -1.76. The van der Waals surface area contributed by atoms with Gasteiger partial charge in [0, 0.05) is 159 Å². The molecule has 16 atom stereocenters. The molecule has 1 spiro atoms. The quantitative estimate of drug-likeness (QED) is 0.0109. The first-order valence-electron chi connectivity index (χ1n) is 49.8. The average molecular weight is 2110 g/mol. The van der Waals surface area contributed by atoms with Crippen LogP contribution in [0.1, 0.15) is 131 Å². The van der Waals surface area contributed by atoms with E-state index in [1.807, 2.05) is 20.0 Å². The number of aliphatic hydroxyl groups is 2. The van der Waals surface area contributed by atoms with Crippen LogP contribution >= 0.6 is 21.6 Å². The van der Waals surface area contributed by atoms with Crippen molar-refractivity contribution in [2.45, 2.75) is 176 Å². The number of likely N-dealkylation sites (N-methyl/N-ethyl adjacent to an activating group) is 1. The largest absolute Gasteiger partial charge is 0.496 e. The summed E-state index contributed by atoms with van der Waals surface area (Å²) in [6.07, 6.45) is 5.59. The lowest BCUT2D eigenvalue weighted by Crippen LogP contribution is -2.73. The molecule has 3 fully saturated rings. The van der Waals surface area contributed by atoms with Crippen LogP contribution in [0.25, 0.3) is 22.1 Å². The van der Waals surface area contributed by atoms with E-state index in [0.717, 1.165) is 74.5 Å². The molecule has 2 bridgehead atoms. The van der Waals surface area contributed by atoms with E-state index in [9.17, 15) is 78.0 Å². The van der Waals surface area contributed by atoms with E-state index in [0.29, 0.717) is 109 Å². The van der Waals surface area contributed by atoms with Gasteiger partial charge >= 0.3 is 18.0 Å². The van der Waals surface area contributed by atoms with Gasteiger partial charge in [-0.25, -0.2) is 29.8 Å². The van der Waals surface area contributed by atoms with Gasteiger partial charge in [-0.1, -0.05) is 65.8 Å². The van der Waals surface area contributed by atoms with Crippen LogP contribution in [0, 0.1) is 17.3 Å². The van der Waals surface area contributed by atoms with E-state index in [2.05, 4.69) is 155 Å². The molecular formula is C99H140N20O27S2. The van der Waals surface area contributed by atoms with Crippen LogP contribution in [0.5, 0.6) is 5.75 Å². The van der Waals surface area contributed by atoms with Crippen LogP contribution in [0.3, 0.4) is 0 Å². The van der Waals surface area contributed by atoms with Gasteiger partial charge in [0.15, 0.2) is 11.2 Å². The normalized spacial score (nSPS) is 22.2. The molecule has 3 aromatic carbocycles. The number of fused-ring (bicyclic) bond motifs is 7. The van der Waals surface area contributed by atoms with Crippen molar-refractivity contribution in [3.63, 3.8) is 0 Å². The third-order valence-corrected chi connectivity index (χ3v) is 30.4. The summed E-state index contributed by atoms with van der Waals surface area (Å²) in [6, 6.07) is 7.97. The van der Waals surface area contributed by atoms with E-state index in [4.69, 9.17) is 53.1 Å². The zero-order valence-corrected chi connectivity index (χ0v) is 86.5. The number of amides is 10. The number of aromatic amines is 2. The highest BCUT2D eigenvalue weighted by Gasteiger charge is 2.74. The number of H-pyrrole nitrogens is 2. The maximum Gasteiger partial charge on any atom is 0.426 e. The number of aromatic nitrogens is 5. The standard InChI is InChI=1S/C99H140N20O27S2/c1-10-97(136)50-60-49-96(5,80-65(23-29-118(55-60)57-97)64-15-12-13-16-68(64)108-80)67-47-66-73(48-74(67)139-9)117(6)81-78(82(123)98(11-2)26-14-28-119-30-27-99(66,81)93(98)119)89(129)115-116-95(135)146-45-46-147-148-56-72(92(133)134)112-88(128)71(54-103-76(121)25-32-141-38-40-145-44-42-143-36-34-138-8)111-85(125)59(4)106-87(127)70(53-102-75(120)24-31-140-37-39-144-43-41-142-35-33-137-7)110-84(124)58(3)105-77(122)22-21-69(91(131)132)109-86(126)61-17-19-62(20-18-61)101-51-63-52-104-83-79(107-63)90(130)114-94(100)113-83/h12-20,26,47-48,52,58-60,69-72,78,81-82,93,101,108,123,136H,10-11,21-25,27-46,49-51,53-57H2,1-9H3,(H,102,120)(H,103,121)(H,105,122)(H,106,127)(H,109,126)(H,110,124)(H,111,125)(H,112,128)(H,115,129)(H,116,135)(H,131,132)(H,133,134)(H3,100,104,113,114,130)/t58-,59-,60?,69?,70-,71-,72?,78+,81-,82-,93-,96+,97-,98-,99-/m0/s1. The predicted octanol–water partition coefficient (Wildman–Crippen LogP) is 0.955. The van der Waals surface area contributed by atoms with Crippen molar-refractivity contribution in [2.24, 2.45) is 17.3 Å². The molecule has 6 aromatic rings. The number of benzene rings is 3. The Morgan fingerprint density at radius 2 is 1.26 bits per heavy atom. The molecule has 0 radical (unpaired) electrons. The fourth-order valence-electron chi connectivity index (χ4n) is 20.7. The number of hydrogen-bond acceptors (Lipinski definition) is 35. The number of hydrogen-bond donors (Lipinski definition) is 18. The fraction of sp³-hybridized carbons (Fsp3) is 0.596. The minimum absolute atomic E-state index is 0.0291. The topological polar surface area (TPSA) is 633 Å². The molecule has 49 heteroatoms. The molecule has 3 aromatic heterocycles. The van der Waals surface area contributed by atoms with E-state index < -0.39 is 179 Å². The lowest BCUT2D eigenvalue weighted by Gasteiger charge is -2.60. The summed E-state index contributed by atoms with van der Waals surface area (Å²) in [5.41, 5.74) is 14.0. The van der Waals surface area contributed by atoms with Crippen LogP contribution in [0.2, 0.25) is 0 Å². The Kier molecular flexibility index (Phi) is 42.2. The lowest BCUT2D eigenvalue weighted by atomic mass is 9.49. The van der Waals surface area contributed by atoms with Gasteiger partial charge in [0.1, 0.15) is 48.6 Å². The first-order valence-corrected chi connectivity index (χ1v) is 52.3. The number of nitrogens with one attached hydrogen (secondary N) is 13. The average Bonchev–Trinajstić information content (AvgIpc) is 1.49. The number of piperidine rings is 1. The Labute approximate surface area is 864 Å². The number of ether oxygens (including phenoxy) is 10. The first-order chi connectivity index (χ1) is 71.1. The molecule has 19 N–H and O–H groups in total. The van der Waals surface area contributed by atoms with Gasteiger partial charge in [-0.05, 0) is 126 Å². The molecule has 4 unspecified atom stereocenters. The van der Waals surface area contributed by atoms with Crippen LogP contribution in [-0.2, 0) is 114 Å². The summed E-state index contributed by atoms with van der Waals surface area (Å²) in [5, 5.41) is 69.8. The number of carbonyl (C=O) groups excluding carboxylic acids is 10. The zero-order valence-electron chi connectivity index (χ0n) is 84.9. The number of methoxy groups -OCH3 is 3. The Hall–Kier alpha value is -12.0. The molecule has 1 saturated carbocycles. The number of rotatable bonds is 58. The summed E-state index contributed by atoms with van der Waals surface area (Å²) in [4.78, 5) is 203. The SMILES string of the molecule is CC[C@]1(O)CC2CN(CCc3c([nH]c4ccccc34)[C@@](C)(c3cc4c(cc3OC)N(C)[C@H]3[C@@H](C(=O)NNC(=O)OCCSSCC(NC(=O)[C@H](CNC(=O)CCOCCOCCOCCOC)NC(=O)[C@H](C)NC(=O)[C@H](CNC(=O)CCOCCOCCOCCOC)NC(=O)[C@H](C)NC(=O)CCC(NC(=O)c5ccc(NCc6cnc7nc(N)[nH]c(=O)c7n6)cc5)C(=O)O)C(=O)O)[C@H](O)[C@]5(CC)C=CCN6CC[C@]43[C@@H]65)C2)C1. The number of aliphatic carboxylic acids is 2. The smallest absolute Gasteiger partial charge is 0.426 e. The molecular weight excluding hydrogens is 1970 g/mol. The number of nitrogen functional groups attached to an aromatic ring is 1. The van der Waals surface area contributed by atoms with Gasteiger partial charge in [0.2, 0.25) is 53.2 Å². The third-order valence-electron chi connectivity index (χ3n) is 28.0. The van der Waals surface area contributed by atoms with Crippen LogP contribution < -0.4 is 79.6 Å². The van der Waals surface area contributed by atoms with Gasteiger partial charge in [-0.15, -0.1) is 0 Å². The molecule has 6 aliphatic rings. The highest BCUT2D eigenvalue weighted by molar-refractivity contribution is 8.76. The van der Waals surface area contributed by atoms with Crippen molar-refractivity contribution < 1.29 is 125 Å². The number of carboxylic acid groups (broad SMARTS) is 2. The number of nitrogens with zero attached hydrogens (tertiary/aromatic N) is 6. The molecule has 1 aliphatic carbocycles. The van der Waals surface area contributed by atoms with Gasteiger partial charge in [-0.3, -0.25) is 68.2 Å². The second kappa shape index (κ2) is 54.5. The predicted molar refractivity (Wildman–Crippen MR) is 545 cm³/mol. The number of nitrogens with two attached hydrogens (primary N) is 1. The van der Waals surface area contributed by atoms with Gasteiger partial charge in [-0.2, -0.15) is 4.98 Å². The number of hydrazine groups is 1. The van der Waals surface area contributed by atoms with Crippen LogP contribution in [0.15, 0.2) is 83.8 Å². The summed E-state index contributed by atoms with van der Waals surface area (Å²) in [6.45, 7) is 13.9. The fourth-order valence-corrected chi connectivity index (χ4v) is 22.7. The molecule has 2 saturated heterocycles. The Bertz CT molecular complexity index is 5690. The second-order valence-corrected chi connectivity index (χ2v) is 40.5. The van der Waals surface area contributed by atoms with Crippen molar-refractivity contribution in [3.8, 4) is 5.75 Å². The monoisotopic (exact) mass is 2100 g/mol. The Balaban J connectivity index is 0.659. The van der Waals surface area contributed by atoms with Crippen molar-refractivity contribution in [3.05, 3.63) is 123 Å². The van der Waals surface area contributed by atoms with Crippen molar-refractivity contribution in [1.82, 2.24) is 88.1 Å². The third kappa shape index (κ3) is 29.2. The molecule has 47 nitrogen and oxygen atoms in total. The second-order valence-electron chi connectivity index (χ2n) is 37.8. The molecule has 148 heavy (non-hydrogen) atoms. The van der Waals surface area contributed by atoms with E-state index in [-0.39, 0.29) is 125 Å². The number of carboxylic acids is 2. The molecule has 12 rings (SSSR count). The Morgan fingerprint density at radius 3 is 1.87 bits per heavy atom. The molecule has 10 amide bonds. The number of aliphatic hydroxyl groups excluding tert-OH is 1.